The third-order valence-corrected chi connectivity index (χ3v) is 3.26. The van der Waals surface area contributed by atoms with Crippen LogP contribution < -0.4 is 4.90 Å². The molecule has 5 heteroatoms. The molecule has 0 spiro atoms. The number of alkyl halides is 3. The van der Waals surface area contributed by atoms with E-state index in [0.29, 0.717) is 16.1 Å². The molecule has 0 atom stereocenters. The van der Waals surface area contributed by atoms with E-state index in [4.69, 9.17) is 11.6 Å². The minimum Gasteiger partial charge on any atom is -0.376 e. The van der Waals surface area contributed by atoms with Gasteiger partial charge in [-0.1, -0.05) is 29.8 Å². The van der Waals surface area contributed by atoms with Crippen molar-refractivity contribution in [1.29, 1.82) is 0 Å². The van der Waals surface area contributed by atoms with Gasteiger partial charge >= 0.3 is 6.18 Å². The summed E-state index contributed by atoms with van der Waals surface area (Å²) in [4.78, 5) is 1.85. The molecule has 0 aliphatic carbocycles. The second kappa shape index (κ2) is 5.37. The van der Waals surface area contributed by atoms with Crippen LogP contribution in [-0.2, 0) is 6.18 Å². The first-order valence-corrected chi connectivity index (χ1v) is 6.31. The summed E-state index contributed by atoms with van der Waals surface area (Å²) in [5, 5.41) is 0.505. The highest BCUT2D eigenvalue weighted by Crippen LogP contribution is 2.34. The van der Waals surface area contributed by atoms with E-state index in [1.54, 1.807) is 24.3 Å². The topological polar surface area (TPSA) is 3.24 Å². The van der Waals surface area contributed by atoms with E-state index in [1.807, 2.05) is 19.0 Å². The van der Waals surface area contributed by atoms with E-state index in [-0.39, 0.29) is 0 Å². The Labute approximate surface area is 120 Å². The van der Waals surface area contributed by atoms with Gasteiger partial charge in [-0.15, -0.1) is 0 Å². The molecule has 0 bridgehead atoms. The Morgan fingerprint density at radius 1 is 0.950 bits per heavy atom. The number of nitrogens with zero attached hydrogens (tertiary/aromatic N) is 1. The van der Waals surface area contributed by atoms with E-state index < -0.39 is 11.7 Å². The molecule has 0 N–H and O–H groups in total. The average Bonchev–Trinajstić information content (AvgIpc) is 2.37. The summed E-state index contributed by atoms with van der Waals surface area (Å²) in [6.45, 7) is 0. The highest BCUT2D eigenvalue weighted by atomic mass is 35.5. The second-order valence-electron chi connectivity index (χ2n) is 4.64. The van der Waals surface area contributed by atoms with E-state index in [0.717, 1.165) is 17.8 Å². The van der Waals surface area contributed by atoms with Crippen LogP contribution >= 0.6 is 11.6 Å². The first-order valence-electron chi connectivity index (χ1n) is 5.93. The maximum Gasteiger partial charge on any atom is 0.416 e. The number of rotatable bonds is 2. The summed E-state index contributed by atoms with van der Waals surface area (Å²) in [5.74, 6) is 0. The van der Waals surface area contributed by atoms with Crippen molar-refractivity contribution >= 4 is 17.3 Å². The summed E-state index contributed by atoms with van der Waals surface area (Å²) >= 11 is 6.14. The molecule has 2 rings (SSSR count). The van der Waals surface area contributed by atoms with E-state index in [1.165, 1.54) is 6.07 Å². The first-order chi connectivity index (χ1) is 9.29. The van der Waals surface area contributed by atoms with Gasteiger partial charge in [0.25, 0.3) is 0 Å². The summed E-state index contributed by atoms with van der Waals surface area (Å²) < 4.78 is 38.1. The lowest BCUT2D eigenvalue weighted by Gasteiger charge is -2.15. The Morgan fingerprint density at radius 3 is 2.15 bits per heavy atom. The molecule has 0 radical (unpaired) electrons. The molecule has 2 aromatic rings. The van der Waals surface area contributed by atoms with Crippen LogP contribution in [0.15, 0.2) is 42.5 Å². The molecule has 0 heterocycles. The molecule has 0 amide bonds. The van der Waals surface area contributed by atoms with Crippen LogP contribution in [0.3, 0.4) is 0 Å². The van der Waals surface area contributed by atoms with Crippen molar-refractivity contribution in [2.75, 3.05) is 19.0 Å². The van der Waals surface area contributed by atoms with Gasteiger partial charge in [-0.25, -0.2) is 0 Å². The van der Waals surface area contributed by atoms with Gasteiger partial charge in [0.2, 0.25) is 0 Å². The summed E-state index contributed by atoms with van der Waals surface area (Å²) in [7, 11) is 3.70. The van der Waals surface area contributed by atoms with Crippen molar-refractivity contribution in [2.45, 2.75) is 6.18 Å². The van der Waals surface area contributed by atoms with Gasteiger partial charge < -0.3 is 4.90 Å². The predicted molar refractivity (Wildman–Crippen MR) is 76.2 cm³/mol. The fourth-order valence-corrected chi connectivity index (χ4v) is 2.27. The van der Waals surface area contributed by atoms with Crippen molar-refractivity contribution in [3.63, 3.8) is 0 Å². The smallest absolute Gasteiger partial charge is 0.376 e. The molecule has 0 saturated heterocycles. The number of benzene rings is 2. The molecule has 0 aliphatic rings. The molecule has 0 aromatic heterocycles. The zero-order chi connectivity index (χ0) is 14.9. The Kier molecular flexibility index (Phi) is 3.95. The molecule has 0 unspecified atom stereocenters. The van der Waals surface area contributed by atoms with E-state index in [9.17, 15) is 13.2 Å². The maximum atomic E-state index is 12.7. The van der Waals surface area contributed by atoms with Crippen LogP contribution in [0.25, 0.3) is 11.1 Å². The monoisotopic (exact) mass is 299 g/mol. The van der Waals surface area contributed by atoms with Crippen LogP contribution in [0, 0.1) is 0 Å². The zero-order valence-corrected chi connectivity index (χ0v) is 11.8. The molecule has 0 fully saturated rings. The Bertz CT molecular complexity index is 621. The second-order valence-corrected chi connectivity index (χ2v) is 5.05. The van der Waals surface area contributed by atoms with Gasteiger partial charge in [0, 0.05) is 14.1 Å². The van der Waals surface area contributed by atoms with Crippen LogP contribution in [0.1, 0.15) is 5.56 Å². The first kappa shape index (κ1) is 14.7. The standard InChI is InChI=1S/C15H13ClF3N/c1-20(2)14-7-6-11(9-13(14)16)10-4-3-5-12(8-10)15(17,18)19/h3-9H,1-2H3. The van der Waals surface area contributed by atoms with Crippen LogP contribution in [0.2, 0.25) is 5.02 Å². The molecule has 1 nitrogen and oxygen atoms in total. The van der Waals surface area contributed by atoms with Gasteiger partial charge in [-0.3, -0.25) is 0 Å². The Hall–Kier alpha value is -1.68. The molecule has 0 aliphatic heterocycles. The van der Waals surface area contributed by atoms with Crippen molar-refractivity contribution in [1.82, 2.24) is 0 Å². The molecule has 0 saturated carbocycles. The van der Waals surface area contributed by atoms with Gasteiger partial charge in [-0.05, 0) is 35.4 Å². The van der Waals surface area contributed by atoms with Crippen molar-refractivity contribution < 1.29 is 13.2 Å². The highest BCUT2D eigenvalue weighted by Gasteiger charge is 2.30. The van der Waals surface area contributed by atoms with Crippen molar-refractivity contribution in [3.05, 3.63) is 53.1 Å². The molecule has 106 valence electrons. The van der Waals surface area contributed by atoms with Crippen LogP contribution in [0.5, 0.6) is 0 Å². The van der Waals surface area contributed by atoms with Crippen LogP contribution in [-0.4, -0.2) is 14.1 Å². The molecule has 2 aromatic carbocycles. The fourth-order valence-electron chi connectivity index (χ4n) is 1.92. The predicted octanol–water partition coefficient (Wildman–Crippen LogP) is 5.09. The number of hydrogen-bond acceptors (Lipinski definition) is 1. The summed E-state index contributed by atoms with van der Waals surface area (Å²) in [6.07, 6.45) is -4.34. The van der Waals surface area contributed by atoms with E-state index in [2.05, 4.69) is 0 Å². The lowest BCUT2D eigenvalue weighted by molar-refractivity contribution is -0.137. The SMILES string of the molecule is CN(C)c1ccc(-c2cccc(C(F)(F)F)c2)cc1Cl. The largest absolute Gasteiger partial charge is 0.416 e. The highest BCUT2D eigenvalue weighted by molar-refractivity contribution is 6.33. The summed E-state index contributed by atoms with van der Waals surface area (Å²) in [5.41, 5.74) is 1.31. The van der Waals surface area contributed by atoms with Crippen LogP contribution in [0.4, 0.5) is 18.9 Å². The quantitative estimate of drug-likeness (QED) is 0.746. The summed E-state index contributed by atoms with van der Waals surface area (Å²) in [6, 6.07) is 10.4. The number of anilines is 1. The minimum absolute atomic E-state index is 0.493. The fraction of sp³-hybridized carbons (Fsp3) is 0.200. The third kappa shape index (κ3) is 3.07. The minimum atomic E-state index is -4.34. The molecule has 20 heavy (non-hydrogen) atoms. The third-order valence-electron chi connectivity index (χ3n) is 2.95. The van der Waals surface area contributed by atoms with Gasteiger partial charge in [0.05, 0.1) is 16.3 Å². The Balaban J connectivity index is 2.45. The van der Waals surface area contributed by atoms with Gasteiger partial charge in [-0.2, -0.15) is 13.2 Å². The maximum absolute atomic E-state index is 12.7. The molecular formula is C15H13ClF3N. The van der Waals surface area contributed by atoms with Gasteiger partial charge in [0.1, 0.15) is 0 Å². The normalized spacial score (nSPS) is 11.5. The molecular weight excluding hydrogens is 287 g/mol. The zero-order valence-electron chi connectivity index (χ0n) is 11.0. The Morgan fingerprint density at radius 2 is 1.60 bits per heavy atom. The van der Waals surface area contributed by atoms with Crippen molar-refractivity contribution in [2.24, 2.45) is 0 Å². The van der Waals surface area contributed by atoms with Gasteiger partial charge in [0.15, 0.2) is 0 Å². The lowest BCUT2D eigenvalue weighted by atomic mass is 10.0. The lowest BCUT2D eigenvalue weighted by Crippen LogP contribution is -2.09. The number of halogens is 4. The number of hydrogen-bond donors (Lipinski definition) is 0. The van der Waals surface area contributed by atoms with E-state index >= 15 is 0 Å². The average molecular weight is 300 g/mol. The van der Waals surface area contributed by atoms with Crippen molar-refractivity contribution in [3.8, 4) is 11.1 Å².